The smallest absolute Gasteiger partial charge is 0.147 e. The van der Waals surface area contributed by atoms with E-state index in [9.17, 15) is 0 Å². The lowest BCUT2D eigenvalue weighted by atomic mass is 10.8. The molecule has 0 saturated heterocycles. The maximum Gasteiger partial charge on any atom is 0.147 e. The van der Waals surface area contributed by atoms with Gasteiger partial charge in [-0.2, -0.15) is 0 Å². The largest absolute Gasteiger partial charge is 0.353 e. The van der Waals surface area contributed by atoms with E-state index < -0.39 is 0 Å². The van der Waals surface area contributed by atoms with Crippen molar-refractivity contribution in [1.29, 1.82) is 0 Å². The lowest BCUT2D eigenvalue weighted by molar-refractivity contribution is -0.0236. The van der Waals surface area contributed by atoms with Gasteiger partial charge in [-0.05, 0) is 12.8 Å². The molecule has 0 N–H and O–H groups in total. The Balaban J connectivity index is 1.80. The van der Waals surface area contributed by atoms with Crippen molar-refractivity contribution in [1.82, 2.24) is 0 Å². The fourth-order valence-corrected chi connectivity index (χ4v) is 0.379. The molecule has 1 saturated carbocycles. The standard InChI is InChI=1S/C5H9O2/c1-6-4-7-5-2-3-5/h5H,1-4H2. The van der Waals surface area contributed by atoms with E-state index in [0.717, 1.165) is 0 Å². The summed E-state index contributed by atoms with van der Waals surface area (Å²) in [5, 5.41) is 0. The molecule has 1 fully saturated rings. The zero-order chi connectivity index (χ0) is 5.11. The molecular weight excluding hydrogens is 92.1 g/mol. The van der Waals surface area contributed by atoms with Gasteiger partial charge in [0.25, 0.3) is 0 Å². The van der Waals surface area contributed by atoms with Crippen LogP contribution in [0.1, 0.15) is 12.8 Å². The van der Waals surface area contributed by atoms with E-state index in [1.165, 1.54) is 12.8 Å². The topological polar surface area (TPSA) is 18.5 Å². The zero-order valence-corrected chi connectivity index (χ0v) is 4.22. The second kappa shape index (κ2) is 2.28. The highest BCUT2D eigenvalue weighted by Gasteiger charge is 2.21. The molecule has 1 aliphatic carbocycles. The van der Waals surface area contributed by atoms with Crippen LogP contribution in [0, 0.1) is 7.11 Å². The second-order valence-electron chi connectivity index (χ2n) is 1.69. The van der Waals surface area contributed by atoms with Gasteiger partial charge < -0.3 is 9.47 Å². The summed E-state index contributed by atoms with van der Waals surface area (Å²) in [7, 11) is 3.16. The SMILES string of the molecule is [CH2]OCOC1CC1. The highest BCUT2D eigenvalue weighted by molar-refractivity contribution is 4.72. The Labute approximate surface area is 43.4 Å². The summed E-state index contributed by atoms with van der Waals surface area (Å²) in [5.74, 6) is 0. The van der Waals surface area contributed by atoms with Gasteiger partial charge in [-0.15, -0.1) is 0 Å². The maximum atomic E-state index is 5.02. The summed E-state index contributed by atoms with van der Waals surface area (Å²) in [6.45, 7) is 0.352. The molecule has 0 aromatic carbocycles. The van der Waals surface area contributed by atoms with Crippen LogP contribution in [0.25, 0.3) is 0 Å². The average Bonchev–Trinajstić information content (AvgIpc) is 2.42. The predicted octanol–water partition coefficient (Wildman–Crippen LogP) is 0.931. The Hall–Kier alpha value is -0.0800. The second-order valence-corrected chi connectivity index (χ2v) is 1.69. The van der Waals surface area contributed by atoms with Crippen LogP contribution < -0.4 is 0 Å². The molecule has 7 heavy (non-hydrogen) atoms. The third kappa shape index (κ3) is 1.90. The first-order valence-electron chi connectivity index (χ1n) is 2.42. The number of rotatable bonds is 3. The van der Waals surface area contributed by atoms with E-state index in [2.05, 4.69) is 11.8 Å². The lowest BCUT2D eigenvalue weighted by Gasteiger charge is -1.95. The molecule has 2 nitrogen and oxygen atoms in total. The van der Waals surface area contributed by atoms with Gasteiger partial charge in [0.05, 0.1) is 13.2 Å². The molecular formula is C5H9O2. The molecule has 0 aromatic heterocycles. The summed E-state index contributed by atoms with van der Waals surface area (Å²) in [6.07, 6.45) is 2.88. The number of hydrogen-bond acceptors (Lipinski definition) is 2. The van der Waals surface area contributed by atoms with Crippen LogP contribution >= 0.6 is 0 Å². The highest BCUT2D eigenvalue weighted by atomic mass is 16.7. The van der Waals surface area contributed by atoms with Crippen LogP contribution in [0.2, 0.25) is 0 Å². The molecule has 0 amide bonds. The van der Waals surface area contributed by atoms with Crippen LogP contribution in [0.5, 0.6) is 0 Å². The predicted molar refractivity (Wildman–Crippen MR) is 25.4 cm³/mol. The Morgan fingerprint density at radius 1 is 1.57 bits per heavy atom. The fourth-order valence-electron chi connectivity index (χ4n) is 0.379. The van der Waals surface area contributed by atoms with E-state index in [1.54, 1.807) is 0 Å². The van der Waals surface area contributed by atoms with E-state index >= 15 is 0 Å². The van der Waals surface area contributed by atoms with Crippen molar-refractivity contribution < 1.29 is 9.47 Å². The van der Waals surface area contributed by atoms with Crippen molar-refractivity contribution in [3.8, 4) is 0 Å². The van der Waals surface area contributed by atoms with E-state index in [0.29, 0.717) is 12.9 Å². The van der Waals surface area contributed by atoms with Gasteiger partial charge in [0.15, 0.2) is 0 Å². The lowest BCUT2D eigenvalue weighted by Crippen LogP contribution is -1.95. The van der Waals surface area contributed by atoms with E-state index in [-0.39, 0.29) is 0 Å². The van der Waals surface area contributed by atoms with Gasteiger partial charge in [-0.3, -0.25) is 0 Å². The van der Waals surface area contributed by atoms with Crippen molar-refractivity contribution in [2.45, 2.75) is 18.9 Å². The number of ether oxygens (including phenoxy) is 2. The normalized spacial score (nSPS) is 20.1. The van der Waals surface area contributed by atoms with Crippen molar-refractivity contribution in [2.75, 3.05) is 6.79 Å². The van der Waals surface area contributed by atoms with Crippen molar-refractivity contribution in [2.24, 2.45) is 0 Å². The molecule has 0 aromatic rings. The monoisotopic (exact) mass is 101 g/mol. The van der Waals surface area contributed by atoms with Gasteiger partial charge in [0.2, 0.25) is 0 Å². The third-order valence-electron chi connectivity index (χ3n) is 0.911. The first-order chi connectivity index (χ1) is 3.43. The zero-order valence-electron chi connectivity index (χ0n) is 4.22. The van der Waals surface area contributed by atoms with Crippen molar-refractivity contribution in [3.05, 3.63) is 7.11 Å². The fraction of sp³-hybridized carbons (Fsp3) is 0.800. The van der Waals surface area contributed by atoms with Crippen LogP contribution in [-0.4, -0.2) is 12.9 Å². The molecule has 0 bridgehead atoms. The van der Waals surface area contributed by atoms with Gasteiger partial charge >= 0.3 is 0 Å². The summed E-state index contributed by atoms with van der Waals surface area (Å²) >= 11 is 0. The first kappa shape index (κ1) is 5.06. The summed E-state index contributed by atoms with van der Waals surface area (Å²) < 4.78 is 9.44. The molecule has 0 spiro atoms. The van der Waals surface area contributed by atoms with Crippen LogP contribution in [0.4, 0.5) is 0 Å². The molecule has 0 atom stereocenters. The molecule has 41 valence electrons. The molecule has 1 rings (SSSR count). The number of hydrogen-bond donors (Lipinski definition) is 0. The van der Waals surface area contributed by atoms with Gasteiger partial charge in [-0.1, -0.05) is 0 Å². The molecule has 0 unspecified atom stereocenters. The Bertz CT molecular complexity index is 50.0. The molecule has 0 aliphatic heterocycles. The molecule has 2 heteroatoms. The van der Waals surface area contributed by atoms with Gasteiger partial charge in [0.1, 0.15) is 6.79 Å². The third-order valence-corrected chi connectivity index (χ3v) is 0.911. The first-order valence-corrected chi connectivity index (χ1v) is 2.42. The highest BCUT2D eigenvalue weighted by Crippen LogP contribution is 2.22. The van der Waals surface area contributed by atoms with Crippen LogP contribution in [0.15, 0.2) is 0 Å². The summed E-state index contributed by atoms with van der Waals surface area (Å²) in [6, 6.07) is 0. The van der Waals surface area contributed by atoms with E-state index in [4.69, 9.17) is 4.74 Å². The minimum atomic E-state index is 0.352. The van der Waals surface area contributed by atoms with Gasteiger partial charge in [-0.25, -0.2) is 0 Å². The molecule has 0 heterocycles. The van der Waals surface area contributed by atoms with Gasteiger partial charge in [0, 0.05) is 0 Å². The molecule has 1 aliphatic rings. The van der Waals surface area contributed by atoms with Crippen molar-refractivity contribution in [3.63, 3.8) is 0 Å². The average molecular weight is 101 g/mol. The minimum Gasteiger partial charge on any atom is -0.353 e. The summed E-state index contributed by atoms with van der Waals surface area (Å²) in [5.41, 5.74) is 0. The Morgan fingerprint density at radius 3 is 2.71 bits per heavy atom. The van der Waals surface area contributed by atoms with Crippen LogP contribution in [-0.2, 0) is 9.47 Å². The van der Waals surface area contributed by atoms with Crippen molar-refractivity contribution >= 4 is 0 Å². The minimum absolute atomic E-state index is 0.352. The molecule has 1 radical (unpaired) electrons. The maximum absolute atomic E-state index is 5.02. The van der Waals surface area contributed by atoms with E-state index in [1.807, 2.05) is 0 Å². The Morgan fingerprint density at radius 2 is 2.29 bits per heavy atom. The Kier molecular flexibility index (Phi) is 1.65. The quantitative estimate of drug-likeness (QED) is 0.492. The van der Waals surface area contributed by atoms with Crippen LogP contribution in [0.3, 0.4) is 0 Å². The summed E-state index contributed by atoms with van der Waals surface area (Å²) in [4.78, 5) is 0.